The van der Waals surface area contributed by atoms with Crippen molar-refractivity contribution in [3.8, 4) is 0 Å². The molecule has 3 nitrogen and oxygen atoms in total. The molecule has 3 heteroatoms. The van der Waals surface area contributed by atoms with E-state index in [4.69, 9.17) is 0 Å². The minimum Gasteiger partial charge on any atom is -0.355 e. The lowest BCUT2D eigenvalue weighted by atomic mass is 10.0. The fourth-order valence-electron chi connectivity index (χ4n) is 1.96. The Balaban J connectivity index is 1.86. The predicted octanol–water partition coefficient (Wildman–Crippen LogP) is 0.265. The van der Waals surface area contributed by atoms with Crippen molar-refractivity contribution >= 4 is 5.91 Å². The maximum Gasteiger partial charge on any atom is 0.237 e. The molecule has 1 aliphatic heterocycles. The second-order valence-corrected chi connectivity index (χ2v) is 4.03. The van der Waals surface area contributed by atoms with Crippen LogP contribution in [0.1, 0.15) is 26.2 Å². The van der Waals surface area contributed by atoms with E-state index < -0.39 is 0 Å². The van der Waals surface area contributed by atoms with Crippen LogP contribution in [-0.4, -0.2) is 25.0 Å². The zero-order chi connectivity index (χ0) is 8.60. The molecule has 0 bridgehead atoms. The van der Waals surface area contributed by atoms with Crippen LogP contribution in [0.5, 0.6) is 0 Å². The van der Waals surface area contributed by atoms with E-state index in [0.29, 0.717) is 5.41 Å². The highest BCUT2D eigenvalue weighted by atomic mass is 16.2. The number of hydrogen-bond acceptors (Lipinski definition) is 2. The van der Waals surface area contributed by atoms with Crippen LogP contribution in [0.25, 0.3) is 0 Å². The van der Waals surface area contributed by atoms with Gasteiger partial charge in [-0.15, -0.1) is 0 Å². The number of carbonyl (C=O) groups is 1. The van der Waals surface area contributed by atoms with Crippen molar-refractivity contribution in [2.24, 2.45) is 5.41 Å². The number of likely N-dealkylation sites (N-methyl/N-ethyl adjacent to an activating group) is 1. The van der Waals surface area contributed by atoms with Gasteiger partial charge in [-0.3, -0.25) is 4.79 Å². The van der Waals surface area contributed by atoms with Crippen LogP contribution in [0.2, 0.25) is 0 Å². The van der Waals surface area contributed by atoms with Gasteiger partial charge in [0.2, 0.25) is 5.91 Å². The molecule has 0 aromatic heterocycles. The van der Waals surface area contributed by atoms with Crippen molar-refractivity contribution in [2.45, 2.75) is 32.2 Å². The lowest BCUT2D eigenvalue weighted by Crippen LogP contribution is -2.40. The van der Waals surface area contributed by atoms with Crippen LogP contribution >= 0.6 is 0 Å². The third kappa shape index (κ3) is 1.33. The Bertz CT molecular complexity index is 199. The molecular weight excluding hydrogens is 152 g/mol. The quantitative estimate of drug-likeness (QED) is 0.621. The van der Waals surface area contributed by atoms with Gasteiger partial charge in [0.25, 0.3) is 0 Å². The highest BCUT2D eigenvalue weighted by Crippen LogP contribution is 2.51. The summed E-state index contributed by atoms with van der Waals surface area (Å²) < 4.78 is 0. The molecule has 1 atom stereocenters. The van der Waals surface area contributed by atoms with Gasteiger partial charge in [0.1, 0.15) is 0 Å². The first-order valence-electron chi connectivity index (χ1n) is 4.77. The van der Waals surface area contributed by atoms with Crippen LogP contribution in [0, 0.1) is 5.41 Å². The molecule has 1 saturated carbocycles. The fraction of sp³-hybridized carbons (Fsp3) is 0.889. The standard InChI is InChI=1S/C9H16N2O/c1-2-10-8(12)7-5-9(3-4-9)6-11-7/h7,11H,2-6H2,1H3,(H,10,12)/t7-/m1/s1. The van der Waals surface area contributed by atoms with Gasteiger partial charge in [0.05, 0.1) is 6.04 Å². The Labute approximate surface area is 72.9 Å². The Kier molecular flexibility index (Phi) is 1.83. The highest BCUT2D eigenvalue weighted by molar-refractivity contribution is 5.82. The Hall–Kier alpha value is -0.570. The minimum atomic E-state index is 0.0902. The van der Waals surface area contributed by atoms with E-state index in [9.17, 15) is 4.79 Å². The monoisotopic (exact) mass is 168 g/mol. The number of hydrogen-bond donors (Lipinski definition) is 2. The Morgan fingerprint density at radius 1 is 1.67 bits per heavy atom. The second kappa shape index (κ2) is 2.73. The molecule has 1 aliphatic carbocycles. The van der Waals surface area contributed by atoms with Crippen LogP contribution in [-0.2, 0) is 4.79 Å². The largest absolute Gasteiger partial charge is 0.355 e. The minimum absolute atomic E-state index is 0.0902. The fourth-order valence-corrected chi connectivity index (χ4v) is 1.96. The normalized spacial score (nSPS) is 30.6. The number of nitrogens with one attached hydrogen (secondary N) is 2. The summed E-state index contributed by atoms with van der Waals surface area (Å²) in [7, 11) is 0. The van der Waals surface area contributed by atoms with Crippen molar-refractivity contribution in [3.05, 3.63) is 0 Å². The Morgan fingerprint density at radius 2 is 2.42 bits per heavy atom. The van der Waals surface area contributed by atoms with Crippen LogP contribution in [0.4, 0.5) is 0 Å². The van der Waals surface area contributed by atoms with Crippen LogP contribution in [0.15, 0.2) is 0 Å². The summed E-state index contributed by atoms with van der Waals surface area (Å²) in [5.41, 5.74) is 0.524. The molecule has 2 aliphatic rings. The first kappa shape index (κ1) is 8.05. The topological polar surface area (TPSA) is 41.1 Å². The van der Waals surface area contributed by atoms with E-state index in [1.54, 1.807) is 0 Å². The molecule has 0 aromatic rings. The summed E-state index contributed by atoms with van der Waals surface area (Å²) in [6.45, 7) is 3.75. The van der Waals surface area contributed by atoms with Crippen LogP contribution < -0.4 is 10.6 Å². The maximum absolute atomic E-state index is 11.4. The molecule has 0 radical (unpaired) electrons. The van der Waals surface area contributed by atoms with Gasteiger partial charge < -0.3 is 10.6 Å². The highest BCUT2D eigenvalue weighted by Gasteiger charge is 2.49. The Morgan fingerprint density at radius 3 is 2.92 bits per heavy atom. The molecule has 2 rings (SSSR count). The molecule has 12 heavy (non-hydrogen) atoms. The molecule has 1 heterocycles. The van der Waals surface area contributed by atoms with Gasteiger partial charge in [-0.1, -0.05) is 0 Å². The zero-order valence-electron chi connectivity index (χ0n) is 7.52. The van der Waals surface area contributed by atoms with E-state index in [1.807, 2.05) is 6.92 Å². The number of carbonyl (C=O) groups excluding carboxylic acids is 1. The van der Waals surface area contributed by atoms with Crippen molar-refractivity contribution in [1.29, 1.82) is 0 Å². The lowest BCUT2D eigenvalue weighted by molar-refractivity contribution is -0.122. The van der Waals surface area contributed by atoms with Gasteiger partial charge in [-0.2, -0.15) is 0 Å². The molecule has 0 unspecified atom stereocenters. The van der Waals surface area contributed by atoms with Gasteiger partial charge >= 0.3 is 0 Å². The smallest absolute Gasteiger partial charge is 0.237 e. The second-order valence-electron chi connectivity index (χ2n) is 4.03. The molecule has 1 spiro atoms. The van der Waals surface area contributed by atoms with E-state index >= 15 is 0 Å². The van der Waals surface area contributed by atoms with E-state index in [1.165, 1.54) is 12.8 Å². The molecular formula is C9H16N2O. The summed E-state index contributed by atoms with van der Waals surface area (Å²) in [5, 5.41) is 6.13. The average molecular weight is 168 g/mol. The van der Waals surface area contributed by atoms with E-state index in [2.05, 4.69) is 10.6 Å². The van der Waals surface area contributed by atoms with Crippen molar-refractivity contribution < 1.29 is 4.79 Å². The molecule has 68 valence electrons. The molecule has 0 aromatic carbocycles. The average Bonchev–Trinajstić information content (AvgIpc) is 2.62. The SMILES string of the molecule is CCNC(=O)[C@H]1CC2(CC2)CN1. The van der Waals surface area contributed by atoms with Crippen molar-refractivity contribution in [2.75, 3.05) is 13.1 Å². The summed E-state index contributed by atoms with van der Waals surface area (Å²) in [4.78, 5) is 11.4. The molecule has 2 fully saturated rings. The predicted molar refractivity (Wildman–Crippen MR) is 46.8 cm³/mol. The summed E-state index contributed by atoms with van der Waals surface area (Å²) in [6, 6.07) is 0.0902. The zero-order valence-corrected chi connectivity index (χ0v) is 7.52. The summed E-state index contributed by atoms with van der Waals surface area (Å²) in [5.74, 6) is 0.182. The summed E-state index contributed by atoms with van der Waals surface area (Å²) >= 11 is 0. The third-order valence-electron chi connectivity index (χ3n) is 2.99. The van der Waals surface area contributed by atoms with E-state index in [-0.39, 0.29) is 11.9 Å². The van der Waals surface area contributed by atoms with E-state index in [0.717, 1.165) is 19.5 Å². The first-order chi connectivity index (χ1) is 5.76. The van der Waals surface area contributed by atoms with Crippen molar-refractivity contribution in [1.82, 2.24) is 10.6 Å². The van der Waals surface area contributed by atoms with Gasteiger partial charge in [-0.25, -0.2) is 0 Å². The van der Waals surface area contributed by atoms with Gasteiger partial charge in [0.15, 0.2) is 0 Å². The van der Waals surface area contributed by atoms with Crippen molar-refractivity contribution in [3.63, 3.8) is 0 Å². The lowest BCUT2D eigenvalue weighted by Gasteiger charge is -2.09. The number of rotatable bonds is 2. The van der Waals surface area contributed by atoms with Gasteiger partial charge in [0, 0.05) is 13.1 Å². The van der Waals surface area contributed by atoms with Crippen LogP contribution in [0.3, 0.4) is 0 Å². The molecule has 1 saturated heterocycles. The first-order valence-corrected chi connectivity index (χ1v) is 4.77. The van der Waals surface area contributed by atoms with Gasteiger partial charge in [-0.05, 0) is 31.6 Å². The molecule has 1 amide bonds. The third-order valence-corrected chi connectivity index (χ3v) is 2.99. The maximum atomic E-state index is 11.4. The summed E-state index contributed by atoms with van der Waals surface area (Å²) in [6.07, 6.45) is 3.69. The molecule has 2 N–H and O–H groups in total. The number of amides is 1.